The van der Waals surface area contributed by atoms with E-state index in [4.69, 9.17) is 9.84 Å². The highest BCUT2D eigenvalue weighted by Gasteiger charge is 2.22. The molecule has 0 aliphatic rings. The molecule has 7 nitrogen and oxygen atoms in total. The van der Waals surface area contributed by atoms with Crippen molar-refractivity contribution in [3.8, 4) is 0 Å². The van der Waals surface area contributed by atoms with Crippen molar-refractivity contribution in [1.29, 1.82) is 0 Å². The number of urea groups is 1. The van der Waals surface area contributed by atoms with Crippen LogP contribution in [0.15, 0.2) is 0 Å². The van der Waals surface area contributed by atoms with E-state index in [2.05, 4.69) is 5.32 Å². The van der Waals surface area contributed by atoms with Gasteiger partial charge in [0.2, 0.25) is 0 Å². The minimum atomic E-state index is -0.975. The number of carboxylic acids is 1. The number of hydrogen-bond donors (Lipinski definition) is 2. The quantitative estimate of drug-likeness (QED) is 0.670. The third-order valence-electron chi connectivity index (χ3n) is 2.43. The maximum absolute atomic E-state index is 11.9. The SMILES string of the molecule is CCOC(=O)C(C)NC(=O)N(CCC(=O)O)C(C)C. The number of nitrogens with zero attached hydrogens (tertiary/aromatic N) is 1. The van der Waals surface area contributed by atoms with Gasteiger partial charge in [0.1, 0.15) is 6.04 Å². The summed E-state index contributed by atoms with van der Waals surface area (Å²) in [6.07, 6.45) is -0.139. The van der Waals surface area contributed by atoms with Gasteiger partial charge < -0.3 is 20.1 Å². The molecule has 0 bridgehead atoms. The predicted octanol–water partition coefficient (Wildman–Crippen LogP) is 0.833. The minimum Gasteiger partial charge on any atom is -0.481 e. The van der Waals surface area contributed by atoms with E-state index < -0.39 is 24.0 Å². The highest BCUT2D eigenvalue weighted by Crippen LogP contribution is 2.02. The lowest BCUT2D eigenvalue weighted by molar-refractivity contribution is -0.145. The second-order valence-electron chi connectivity index (χ2n) is 4.35. The number of hydrogen-bond acceptors (Lipinski definition) is 4. The zero-order valence-corrected chi connectivity index (χ0v) is 11.8. The van der Waals surface area contributed by atoms with Crippen LogP contribution < -0.4 is 5.32 Å². The summed E-state index contributed by atoms with van der Waals surface area (Å²) < 4.78 is 4.78. The van der Waals surface area contributed by atoms with E-state index in [1.165, 1.54) is 11.8 Å². The molecule has 2 N–H and O–H groups in total. The fourth-order valence-corrected chi connectivity index (χ4v) is 1.40. The molecular weight excluding hydrogens is 252 g/mol. The number of amides is 2. The van der Waals surface area contributed by atoms with E-state index in [0.717, 1.165) is 0 Å². The van der Waals surface area contributed by atoms with Crippen LogP contribution in [0.5, 0.6) is 0 Å². The molecule has 0 heterocycles. The monoisotopic (exact) mass is 274 g/mol. The van der Waals surface area contributed by atoms with Crippen molar-refractivity contribution in [2.24, 2.45) is 0 Å². The smallest absolute Gasteiger partial charge is 0.328 e. The molecule has 0 aliphatic carbocycles. The third-order valence-corrected chi connectivity index (χ3v) is 2.43. The molecule has 19 heavy (non-hydrogen) atoms. The highest BCUT2D eigenvalue weighted by atomic mass is 16.5. The number of carbonyl (C=O) groups is 3. The van der Waals surface area contributed by atoms with Crippen LogP contribution in [0.3, 0.4) is 0 Å². The summed E-state index contributed by atoms with van der Waals surface area (Å²) >= 11 is 0. The molecule has 0 spiro atoms. The van der Waals surface area contributed by atoms with Gasteiger partial charge in [-0.3, -0.25) is 4.79 Å². The Kier molecular flexibility index (Phi) is 7.55. The summed E-state index contributed by atoms with van der Waals surface area (Å²) in [5.41, 5.74) is 0. The summed E-state index contributed by atoms with van der Waals surface area (Å²) in [7, 11) is 0. The second kappa shape index (κ2) is 8.34. The van der Waals surface area contributed by atoms with Gasteiger partial charge in [0.05, 0.1) is 13.0 Å². The summed E-state index contributed by atoms with van der Waals surface area (Å²) in [5, 5.41) is 11.1. The zero-order valence-electron chi connectivity index (χ0n) is 11.8. The van der Waals surface area contributed by atoms with Gasteiger partial charge in [-0.15, -0.1) is 0 Å². The van der Waals surface area contributed by atoms with Crippen LogP contribution in [0, 0.1) is 0 Å². The predicted molar refractivity (Wildman–Crippen MR) is 68.7 cm³/mol. The van der Waals surface area contributed by atoms with Crippen LogP contribution in [-0.2, 0) is 14.3 Å². The molecule has 1 atom stereocenters. The van der Waals surface area contributed by atoms with Gasteiger partial charge in [-0.05, 0) is 27.7 Å². The maximum Gasteiger partial charge on any atom is 0.328 e. The molecule has 0 aromatic rings. The van der Waals surface area contributed by atoms with E-state index in [1.54, 1.807) is 20.8 Å². The van der Waals surface area contributed by atoms with Gasteiger partial charge in [-0.25, -0.2) is 9.59 Å². The van der Waals surface area contributed by atoms with E-state index in [9.17, 15) is 14.4 Å². The second-order valence-corrected chi connectivity index (χ2v) is 4.35. The number of rotatable bonds is 7. The Balaban J connectivity index is 4.47. The average molecular weight is 274 g/mol. The molecular formula is C12H22N2O5. The maximum atomic E-state index is 11.9. The van der Waals surface area contributed by atoms with Crippen LogP contribution in [0.2, 0.25) is 0 Å². The Morgan fingerprint density at radius 2 is 1.84 bits per heavy atom. The molecule has 0 aromatic carbocycles. The van der Waals surface area contributed by atoms with Crippen LogP contribution in [0.25, 0.3) is 0 Å². The first kappa shape index (κ1) is 17.2. The van der Waals surface area contributed by atoms with Gasteiger partial charge in [0.15, 0.2) is 0 Å². The number of aliphatic carboxylic acids is 1. The van der Waals surface area contributed by atoms with Crippen molar-refractivity contribution >= 4 is 18.0 Å². The molecule has 110 valence electrons. The molecule has 2 amide bonds. The Morgan fingerprint density at radius 3 is 2.26 bits per heavy atom. The topological polar surface area (TPSA) is 95.9 Å². The van der Waals surface area contributed by atoms with Crippen molar-refractivity contribution in [2.45, 2.75) is 46.2 Å². The van der Waals surface area contributed by atoms with Gasteiger partial charge in [-0.1, -0.05) is 0 Å². The zero-order chi connectivity index (χ0) is 15.0. The molecule has 7 heteroatoms. The lowest BCUT2D eigenvalue weighted by Crippen LogP contribution is -2.50. The Morgan fingerprint density at radius 1 is 1.26 bits per heavy atom. The van der Waals surface area contributed by atoms with Crippen molar-refractivity contribution in [3.63, 3.8) is 0 Å². The van der Waals surface area contributed by atoms with Crippen LogP contribution in [0.1, 0.15) is 34.1 Å². The molecule has 0 saturated carbocycles. The number of nitrogens with one attached hydrogen (secondary N) is 1. The van der Waals surface area contributed by atoms with Gasteiger partial charge in [0.25, 0.3) is 0 Å². The minimum absolute atomic E-state index is 0.0916. The molecule has 0 radical (unpaired) electrons. The number of esters is 1. The van der Waals surface area contributed by atoms with Crippen molar-refractivity contribution in [2.75, 3.05) is 13.2 Å². The van der Waals surface area contributed by atoms with E-state index in [0.29, 0.717) is 0 Å². The van der Waals surface area contributed by atoms with Crippen LogP contribution in [-0.4, -0.2) is 53.2 Å². The molecule has 0 fully saturated rings. The van der Waals surface area contributed by atoms with E-state index in [-0.39, 0.29) is 25.6 Å². The van der Waals surface area contributed by atoms with Gasteiger partial charge >= 0.3 is 18.0 Å². The Bertz CT molecular complexity index is 330. The van der Waals surface area contributed by atoms with Gasteiger partial charge in [-0.2, -0.15) is 0 Å². The first-order valence-corrected chi connectivity index (χ1v) is 6.25. The summed E-state index contributed by atoms with van der Waals surface area (Å²) in [5.74, 6) is -1.49. The number of carbonyl (C=O) groups excluding carboxylic acids is 2. The normalized spacial score (nSPS) is 11.8. The lowest BCUT2D eigenvalue weighted by Gasteiger charge is -2.27. The molecule has 0 aromatic heterocycles. The van der Waals surface area contributed by atoms with Gasteiger partial charge in [0, 0.05) is 12.6 Å². The summed E-state index contributed by atoms with van der Waals surface area (Å²) in [6, 6.07) is -1.40. The number of ether oxygens (including phenoxy) is 1. The highest BCUT2D eigenvalue weighted by molar-refractivity contribution is 5.83. The molecule has 0 rings (SSSR count). The first-order chi connectivity index (χ1) is 8.79. The number of carboxylic acid groups (broad SMARTS) is 1. The first-order valence-electron chi connectivity index (χ1n) is 6.25. The largest absolute Gasteiger partial charge is 0.481 e. The van der Waals surface area contributed by atoms with Crippen LogP contribution in [0.4, 0.5) is 4.79 Å². The fraction of sp³-hybridized carbons (Fsp3) is 0.750. The van der Waals surface area contributed by atoms with Crippen LogP contribution >= 0.6 is 0 Å². The lowest BCUT2D eigenvalue weighted by atomic mass is 10.3. The Labute approximate surface area is 112 Å². The molecule has 0 aliphatic heterocycles. The average Bonchev–Trinajstić information content (AvgIpc) is 2.28. The summed E-state index contributed by atoms with van der Waals surface area (Å²) in [6.45, 7) is 7.08. The van der Waals surface area contributed by atoms with E-state index >= 15 is 0 Å². The van der Waals surface area contributed by atoms with Crippen molar-refractivity contribution < 1.29 is 24.2 Å². The Hall–Kier alpha value is -1.79. The van der Waals surface area contributed by atoms with Crippen molar-refractivity contribution in [1.82, 2.24) is 10.2 Å². The van der Waals surface area contributed by atoms with E-state index in [1.807, 2.05) is 0 Å². The third kappa shape index (κ3) is 6.64. The fourth-order valence-electron chi connectivity index (χ4n) is 1.40. The van der Waals surface area contributed by atoms with Crippen molar-refractivity contribution in [3.05, 3.63) is 0 Å². The standard InChI is InChI=1S/C12H22N2O5/c1-5-19-11(17)9(4)13-12(18)14(8(2)3)7-6-10(15)16/h8-9H,5-7H2,1-4H3,(H,13,18)(H,15,16). The summed E-state index contributed by atoms with van der Waals surface area (Å²) in [4.78, 5) is 35.2. The molecule has 1 unspecified atom stereocenters. The molecule has 0 saturated heterocycles.